The highest BCUT2D eigenvalue weighted by Crippen LogP contribution is 2.26. The highest BCUT2D eigenvalue weighted by Gasteiger charge is 2.13. The quantitative estimate of drug-likeness (QED) is 0.541. The Bertz CT molecular complexity index is 960. The first-order chi connectivity index (χ1) is 12.9. The zero-order chi connectivity index (χ0) is 19.4. The van der Waals surface area contributed by atoms with Crippen molar-refractivity contribution in [2.75, 3.05) is 11.1 Å². The number of nitrogens with one attached hydrogen (secondary N) is 1. The van der Waals surface area contributed by atoms with Crippen molar-refractivity contribution in [1.82, 2.24) is 14.8 Å². The lowest BCUT2D eigenvalue weighted by Crippen LogP contribution is -2.14. The molecule has 5 nitrogen and oxygen atoms in total. The molecule has 27 heavy (non-hydrogen) atoms. The van der Waals surface area contributed by atoms with Crippen LogP contribution in [-0.4, -0.2) is 26.4 Å². The number of hydrogen-bond donors (Lipinski definition) is 1. The zero-order valence-corrected chi connectivity index (χ0v) is 17.3. The van der Waals surface area contributed by atoms with Crippen LogP contribution in [0.1, 0.15) is 11.4 Å². The number of halogens is 3. The fraction of sp³-hybridized carbons (Fsp3) is 0.167. The van der Waals surface area contributed by atoms with Gasteiger partial charge in [-0.3, -0.25) is 4.79 Å². The summed E-state index contributed by atoms with van der Waals surface area (Å²) in [5.41, 5.74) is 1.61. The molecule has 0 aliphatic carbocycles. The third-order valence-electron chi connectivity index (χ3n) is 3.74. The van der Waals surface area contributed by atoms with E-state index in [9.17, 15) is 4.79 Å². The van der Waals surface area contributed by atoms with Crippen LogP contribution in [0.4, 0.5) is 5.69 Å². The number of carbonyl (C=O) groups is 1. The fourth-order valence-electron chi connectivity index (χ4n) is 2.32. The Labute approximate surface area is 176 Å². The Balaban J connectivity index is 1.59. The molecule has 3 aromatic rings. The first-order valence-corrected chi connectivity index (χ1v) is 10.0. The number of thioether (sulfide) groups is 1. The van der Waals surface area contributed by atoms with Crippen LogP contribution in [-0.2, 0) is 18.3 Å². The summed E-state index contributed by atoms with van der Waals surface area (Å²) in [5.74, 6) is 0.804. The average Bonchev–Trinajstić information content (AvgIpc) is 2.97. The molecule has 1 heterocycles. The second kappa shape index (κ2) is 8.97. The largest absolute Gasteiger partial charge is 0.324 e. The van der Waals surface area contributed by atoms with Crippen molar-refractivity contribution in [3.05, 3.63) is 68.9 Å². The molecule has 0 aliphatic rings. The topological polar surface area (TPSA) is 59.8 Å². The van der Waals surface area contributed by atoms with Gasteiger partial charge in [-0.15, -0.1) is 10.2 Å². The highest BCUT2D eigenvalue weighted by atomic mass is 35.5. The Morgan fingerprint density at radius 1 is 1.07 bits per heavy atom. The van der Waals surface area contributed by atoms with Crippen molar-refractivity contribution in [1.29, 1.82) is 0 Å². The summed E-state index contributed by atoms with van der Waals surface area (Å²) in [4.78, 5) is 12.2. The van der Waals surface area contributed by atoms with Crippen LogP contribution in [0.3, 0.4) is 0 Å². The van der Waals surface area contributed by atoms with Crippen LogP contribution < -0.4 is 5.32 Å². The van der Waals surface area contributed by atoms with Gasteiger partial charge in [-0.05, 0) is 35.9 Å². The number of anilines is 1. The van der Waals surface area contributed by atoms with Crippen molar-refractivity contribution in [2.24, 2.45) is 7.05 Å². The van der Waals surface area contributed by atoms with Crippen LogP contribution >= 0.6 is 46.6 Å². The van der Waals surface area contributed by atoms with Gasteiger partial charge in [0.15, 0.2) is 5.16 Å². The van der Waals surface area contributed by atoms with E-state index in [-0.39, 0.29) is 11.7 Å². The second-order valence-corrected chi connectivity index (χ2v) is 7.94. The summed E-state index contributed by atoms with van der Waals surface area (Å²) in [7, 11) is 1.88. The van der Waals surface area contributed by atoms with Gasteiger partial charge in [0.25, 0.3) is 0 Å². The number of carbonyl (C=O) groups excluding carboxylic acids is 1. The molecule has 0 atom stereocenters. The van der Waals surface area contributed by atoms with Crippen molar-refractivity contribution < 1.29 is 4.79 Å². The Morgan fingerprint density at radius 2 is 1.78 bits per heavy atom. The molecule has 1 N–H and O–H groups in total. The third kappa shape index (κ3) is 5.39. The second-order valence-electron chi connectivity index (χ2n) is 5.72. The molecule has 0 fully saturated rings. The van der Waals surface area contributed by atoms with E-state index in [0.29, 0.717) is 32.3 Å². The molecule has 0 radical (unpaired) electrons. The molecule has 140 valence electrons. The lowest BCUT2D eigenvalue weighted by atomic mass is 10.1. The average molecular weight is 442 g/mol. The van der Waals surface area contributed by atoms with Gasteiger partial charge in [-0.2, -0.15) is 0 Å². The SMILES string of the molecule is Cn1c(Cc2ccc(Cl)cc2)nnc1SCC(=O)Nc1ccc(Cl)cc1Cl. The molecular weight excluding hydrogens is 427 g/mol. The molecule has 9 heteroatoms. The molecule has 0 unspecified atom stereocenters. The van der Waals surface area contributed by atoms with E-state index in [1.54, 1.807) is 18.2 Å². The van der Waals surface area contributed by atoms with Gasteiger partial charge in [-0.1, -0.05) is 58.7 Å². The van der Waals surface area contributed by atoms with Gasteiger partial charge in [0.2, 0.25) is 5.91 Å². The van der Waals surface area contributed by atoms with Gasteiger partial charge in [0.1, 0.15) is 5.82 Å². The van der Waals surface area contributed by atoms with E-state index in [1.807, 2.05) is 35.9 Å². The number of hydrogen-bond acceptors (Lipinski definition) is 4. The molecule has 1 aromatic heterocycles. The van der Waals surface area contributed by atoms with E-state index in [2.05, 4.69) is 15.5 Å². The number of nitrogens with zero attached hydrogens (tertiary/aromatic N) is 3. The summed E-state index contributed by atoms with van der Waals surface area (Å²) in [5, 5.41) is 13.4. The number of aromatic nitrogens is 3. The monoisotopic (exact) mass is 440 g/mol. The summed E-state index contributed by atoms with van der Waals surface area (Å²) in [6.07, 6.45) is 0.633. The zero-order valence-electron chi connectivity index (χ0n) is 14.2. The van der Waals surface area contributed by atoms with Crippen molar-refractivity contribution in [2.45, 2.75) is 11.6 Å². The maximum atomic E-state index is 12.2. The highest BCUT2D eigenvalue weighted by molar-refractivity contribution is 7.99. The summed E-state index contributed by atoms with van der Waals surface area (Å²) >= 11 is 19.1. The van der Waals surface area contributed by atoms with E-state index in [4.69, 9.17) is 34.8 Å². The maximum Gasteiger partial charge on any atom is 0.234 e. The lowest BCUT2D eigenvalue weighted by molar-refractivity contribution is -0.113. The van der Waals surface area contributed by atoms with Gasteiger partial charge >= 0.3 is 0 Å². The standard InChI is InChI=1S/C18H15Cl3N4OS/c1-25-16(8-11-2-4-12(19)5-3-11)23-24-18(25)27-10-17(26)22-15-7-6-13(20)9-14(15)21/h2-7,9H,8,10H2,1H3,(H,22,26). The molecule has 1 amide bonds. The fourth-order valence-corrected chi connectivity index (χ4v) is 3.63. The normalized spacial score (nSPS) is 10.8. The predicted molar refractivity (Wildman–Crippen MR) is 111 cm³/mol. The smallest absolute Gasteiger partial charge is 0.234 e. The van der Waals surface area contributed by atoms with E-state index in [0.717, 1.165) is 11.4 Å². The first-order valence-electron chi connectivity index (χ1n) is 7.93. The van der Waals surface area contributed by atoms with Crippen LogP contribution in [0.5, 0.6) is 0 Å². The summed E-state index contributed by atoms with van der Waals surface area (Å²) in [6, 6.07) is 12.5. The number of amides is 1. The number of rotatable bonds is 6. The maximum absolute atomic E-state index is 12.2. The minimum atomic E-state index is -0.188. The Hall–Kier alpha value is -1.73. The van der Waals surface area contributed by atoms with Crippen molar-refractivity contribution in [3.63, 3.8) is 0 Å². The Kier molecular flexibility index (Phi) is 6.65. The first kappa shape index (κ1) is 20.0. The lowest BCUT2D eigenvalue weighted by Gasteiger charge is -2.07. The molecule has 0 saturated carbocycles. The van der Waals surface area contributed by atoms with Crippen LogP contribution in [0.25, 0.3) is 0 Å². The molecule has 0 bridgehead atoms. The summed E-state index contributed by atoms with van der Waals surface area (Å²) < 4.78 is 1.88. The Morgan fingerprint density at radius 3 is 2.48 bits per heavy atom. The van der Waals surface area contributed by atoms with Crippen LogP contribution in [0.2, 0.25) is 15.1 Å². The minimum Gasteiger partial charge on any atom is -0.324 e. The van der Waals surface area contributed by atoms with E-state index < -0.39 is 0 Å². The molecule has 3 rings (SSSR count). The van der Waals surface area contributed by atoms with Gasteiger partial charge in [0, 0.05) is 23.5 Å². The third-order valence-corrected chi connectivity index (χ3v) is 5.56. The molecule has 0 saturated heterocycles. The van der Waals surface area contributed by atoms with Crippen LogP contribution in [0.15, 0.2) is 47.6 Å². The molecule has 0 aliphatic heterocycles. The summed E-state index contributed by atoms with van der Waals surface area (Å²) in [6.45, 7) is 0. The van der Waals surface area contributed by atoms with Crippen molar-refractivity contribution >= 4 is 58.2 Å². The number of benzene rings is 2. The van der Waals surface area contributed by atoms with Gasteiger partial charge in [0.05, 0.1) is 16.5 Å². The molecule has 0 spiro atoms. The van der Waals surface area contributed by atoms with E-state index >= 15 is 0 Å². The van der Waals surface area contributed by atoms with Crippen molar-refractivity contribution in [3.8, 4) is 0 Å². The van der Waals surface area contributed by atoms with Gasteiger partial charge < -0.3 is 9.88 Å². The molecule has 2 aromatic carbocycles. The molecular formula is C18H15Cl3N4OS. The minimum absolute atomic E-state index is 0.186. The van der Waals surface area contributed by atoms with E-state index in [1.165, 1.54) is 11.8 Å². The van der Waals surface area contributed by atoms with Gasteiger partial charge in [-0.25, -0.2) is 0 Å². The van der Waals surface area contributed by atoms with Crippen LogP contribution in [0, 0.1) is 0 Å². The predicted octanol–water partition coefficient (Wildman–Crippen LogP) is 5.10.